The largest absolute Gasteiger partial charge is 0.485 e. The summed E-state index contributed by atoms with van der Waals surface area (Å²) in [5.74, 6) is 0.979. The third kappa shape index (κ3) is 3.24. The molecule has 5 nitrogen and oxygen atoms in total. The first-order valence-corrected chi connectivity index (χ1v) is 8.41. The Kier molecular flexibility index (Phi) is 4.27. The zero-order valence-electron chi connectivity index (χ0n) is 14.3. The van der Waals surface area contributed by atoms with Gasteiger partial charge in [-0.3, -0.25) is 9.78 Å². The minimum atomic E-state index is -0.705. The number of hydrogen-bond acceptors (Lipinski definition) is 4. The van der Waals surface area contributed by atoms with Crippen molar-refractivity contribution in [1.29, 1.82) is 0 Å². The molecule has 0 spiro atoms. The summed E-state index contributed by atoms with van der Waals surface area (Å²) in [4.78, 5) is 16.9. The van der Waals surface area contributed by atoms with Crippen molar-refractivity contribution in [2.75, 3.05) is 11.9 Å². The molecular weight excluding hydrogens is 328 g/mol. The second-order valence-electron chi connectivity index (χ2n) is 6.14. The molecule has 1 atom stereocenters. The summed E-state index contributed by atoms with van der Waals surface area (Å²) in [6.07, 6.45) is 2.69. The molecule has 1 unspecified atom stereocenters. The highest BCUT2D eigenvalue weighted by Crippen LogP contribution is 2.32. The van der Waals surface area contributed by atoms with Gasteiger partial charge in [0.1, 0.15) is 6.61 Å². The van der Waals surface area contributed by atoms with E-state index in [9.17, 15) is 4.79 Å². The molecule has 0 saturated carbocycles. The molecule has 0 bridgehead atoms. The number of aromatic nitrogens is 1. The van der Waals surface area contributed by atoms with Gasteiger partial charge in [0, 0.05) is 18.0 Å². The van der Waals surface area contributed by atoms with Gasteiger partial charge in [-0.2, -0.15) is 0 Å². The predicted molar refractivity (Wildman–Crippen MR) is 99.4 cm³/mol. The fraction of sp³-hybridized carbons (Fsp3) is 0.143. The molecule has 3 aromatic rings. The van der Waals surface area contributed by atoms with Crippen LogP contribution < -0.4 is 14.8 Å². The third-order valence-electron chi connectivity index (χ3n) is 4.24. The number of pyridine rings is 1. The Hall–Kier alpha value is -3.34. The fourth-order valence-electron chi connectivity index (χ4n) is 2.83. The second-order valence-corrected chi connectivity index (χ2v) is 6.14. The van der Waals surface area contributed by atoms with E-state index in [-0.39, 0.29) is 12.5 Å². The Morgan fingerprint density at radius 1 is 1.08 bits per heavy atom. The number of carbonyl (C=O) groups is 1. The molecular formula is C21H18N2O3. The van der Waals surface area contributed by atoms with Crippen molar-refractivity contribution in [1.82, 2.24) is 4.98 Å². The van der Waals surface area contributed by atoms with Crippen LogP contribution in [0.2, 0.25) is 0 Å². The normalized spacial score (nSPS) is 15.3. The minimum absolute atomic E-state index is 0.174. The Morgan fingerprint density at radius 3 is 2.65 bits per heavy atom. The van der Waals surface area contributed by atoms with E-state index in [2.05, 4.69) is 10.3 Å². The molecule has 130 valence electrons. The first kappa shape index (κ1) is 16.1. The van der Waals surface area contributed by atoms with E-state index in [1.165, 1.54) is 5.56 Å². The van der Waals surface area contributed by atoms with Gasteiger partial charge in [0.2, 0.25) is 6.10 Å². The molecule has 1 aromatic heterocycles. The molecule has 4 rings (SSSR count). The molecule has 0 radical (unpaired) electrons. The molecule has 0 fully saturated rings. The summed E-state index contributed by atoms with van der Waals surface area (Å²) in [5, 5.41) is 2.94. The van der Waals surface area contributed by atoms with Crippen LogP contribution in [-0.2, 0) is 4.79 Å². The number of rotatable bonds is 3. The summed E-state index contributed by atoms with van der Waals surface area (Å²) < 4.78 is 11.4. The quantitative estimate of drug-likeness (QED) is 0.783. The number of para-hydroxylation sites is 2. The highest BCUT2D eigenvalue weighted by Gasteiger charge is 2.27. The van der Waals surface area contributed by atoms with Crippen molar-refractivity contribution < 1.29 is 14.3 Å². The van der Waals surface area contributed by atoms with Crippen LogP contribution in [0, 0.1) is 6.92 Å². The molecule has 0 saturated heterocycles. The van der Waals surface area contributed by atoms with Crippen molar-refractivity contribution >= 4 is 11.6 Å². The van der Waals surface area contributed by atoms with Gasteiger partial charge in [-0.15, -0.1) is 0 Å². The van der Waals surface area contributed by atoms with E-state index < -0.39 is 6.10 Å². The molecule has 1 amide bonds. The summed E-state index contributed by atoms with van der Waals surface area (Å²) >= 11 is 0. The second kappa shape index (κ2) is 6.88. The predicted octanol–water partition coefficient (Wildman–Crippen LogP) is 3.84. The van der Waals surface area contributed by atoms with E-state index in [1.807, 2.05) is 49.4 Å². The van der Waals surface area contributed by atoms with Gasteiger partial charge in [0.25, 0.3) is 5.91 Å². The molecule has 26 heavy (non-hydrogen) atoms. The van der Waals surface area contributed by atoms with Crippen LogP contribution in [0.4, 0.5) is 5.69 Å². The smallest absolute Gasteiger partial charge is 0.269 e. The molecule has 0 aliphatic carbocycles. The van der Waals surface area contributed by atoms with Crippen molar-refractivity contribution in [3.8, 4) is 22.6 Å². The van der Waals surface area contributed by atoms with Gasteiger partial charge in [-0.05, 0) is 30.7 Å². The number of carbonyl (C=O) groups excluding carboxylic acids is 1. The van der Waals surface area contributed by atoms with Gasteiger partial charge >= 0.3 is 0 Å². The van der Waals surface area contributed by atoms with Crippen LogP contribution in [0.5, 0.6) is 11.5 Å². The Bertz CT molecular complexity index is 938. The third-order valence-corrected chi connectivity index (χ3v) is 4.24. The lowest BCUT2D eigenvalue weighted by atomic mass is 10.0. The zero-order chi connectivity index (χ0) is 17.9. The number of ether oxygens (including phenoxy) is 2. The molecule has 1 aliphatic rings. The highest BCUT2D eigenvalue weighted by atomic mass is 16.6. The van der Waals surface area contributed by atoms with Gasteiger partial charge in [0.05, 0.1) is 5.69 Å². The van der Waals surface area contributed by atoms with Crippen LogP contribution in [0.1, 0.15) is 5.56 Å². The lowest BCUT2D eigenvalue weighted by molar-refractivity contribution is -0.125. The Labute approximate surface area is 151 Å². The van der Waals surface area contributed by atoms with Gasteiger partial charge < -0.3 is 14.8 Å². The molecule has 1 aliphatic heterocycles. The van der Waals surface area contributed by atoms with Crippen LogP contribution in [0.3, 0.4) is 0 Å². The summed E-state index contributed by atoms with van der Waals surface area (Å²) in [6, 6.07) is 17.2. The van der Waals surface area contributed by atoms with Crippen LogP contribution in [0.25, 0.3) is 11.1 Å². The van der Waals surface area contributed by atoms with Crippen LogP contribution >= 0.6 is 0 Å². The monoisotopic (exact) mass is 346 g/mol. The number of aryl methyl sites for hydroxylation is 1. The molecule has 5 heteroatoms. The highest BCUT2D eigenvalue weighted by molar-refractivity contribution is 5.98. The van der Waals surface area contributed by atoms with E-state index in [0.717, 1.165) is 11.1 Å². The summed E-state index contributed by atoms with van der Waals surface area (Å²) in [7, 11) is 0. The number of amides is 1. The average molecular weight is 346 g/mol. The SMILES string of the molecule is Cc1ccc(-c2cnccc2NC(=O)C2COc3ccccc3O2)cc1. The first-order chi connectivity index (χ1) is 12.7. The standard InChI is InChI=1S/C21H18N2O3/c1-14-6-8-15(9-7-14)16-12-22-11-10-17(16)23-21(24)20-13-25-18-4-2-3-5-19(18)26-20/h2-12,20H,13H2,1H3,(H,22,23,24). The number of nitrogens with zero attached hydrogens (tertiary/aromatic N) is 1. The first-order valence-electron chi connectivity index (χ1n) is 8.41. The minimum Gasteiger partial charge on any atom is -0.485 e. The Balaban J connectivity index is 1.55. The average Bonchev–Trinajstić information content (AvgIpc) is 2.69. The lowest BCUT2D eigenvalue weighted by Gasteiger charge is -2.25. The maximum absolute atomic E-state index is 12.7. The fourth-order valence-corrected chi connectivity index (χ4v) is 2.83. The van der Waals surface area contributed by atoms with E-state index >= 15 is 0 Å². The summed E-state index contributed by atoms with van der Waals surface area (Å²) in [6.45, 7) is 2.21. The number of anilines is 1. The Morgan fingerprint density at radius 2 is 1.85 bits per heavy atom. The maximum Gasteiger partial charge on any atom is 0.269 e. The van der Waals surface area contributed by atoms with E-state index in [0.29, 0.717) is 17.2 Å². The maximum atomic E-state index is 12.7. The molecule has 2 aromatic carbocycles. The number of fused-ring (bicyclic) bond motifs is 1. The van der Waals surface area contributed by atoms with Crippen LogP contribution in [0.15, 0.2) is 67.0 Å². The van der Waals surface area contributed by atoms with E-state index in [4.69, 9.17) is 9.47 Å². The lowest BCUT2D eigenvalue weighted by Crippen LogP contribution is -2.40. The topological polar surface area (TPSA) is 60.5 Å². The van der Waals surface area contributed by atoms with Crippen molar-refractivity contribution in [3.05, 3.63) is 72.6 Å². The number of nitrogens with one attached hydrogen (secondary N) is 1. The van der Waals surface area contributed by atoms with Crippen LogP contribution in [-0.4, -0.2) is 23.6 Å². The molecule has 1 N–H and O–H groups in total. The summed E-state index contributed by atoms with van der Waals surface area (Å²) in [5.41, 5.74) is 3.72. The number of hydrogen-bond donors (Lipinski definition) is 1. The molecule has 2 heterocycles. The van der Waals surface area contributed by atoms with Crippen molar-refractivity contribution in [3.63, 3.8) is 0 Å². The zero-order valence-corrected chi connectivity index (χ0v) is 14.3. The van der Waals surface area contributed by atoms with Gasteiger partial charge in [-0.1, -0.05) is 42.0 Å². The van der Waals surface area contributed by atoms with Crippen molar-refractivity contribution in [2.24, 2.45) is 0 Å². The number of benzene rings is 2. The van der Waals surface area contributed by atoms with E-state index in [1.54, 1.807) is 24.5 Å². The van der Waals surface area contributed by atoms with Gasteiger partial charge in [0.15, 0.2) is 11.5 Å². The van der Waals surface area contributed by atoms with Crippen molar-refractivity contribution in [2.45, 2.75) is 13.0 Å². The van der Waals surface area contributed by atoms with Gasteiger partial charge in [-0.25, -0.2) is 0 Å².